The van der Waals surface area contributed by atoms with Gasteiger partial charge in [0.15, 0.2) is 0 Å². The highest BCUT2D eigenvalue weighted by Gasteiger charge is 2.24. The van der Waals surface area contributed by atoms with Crippen LogP contribution in [0.5, 0.6) is 0 Å². The van der Waals surface area contributed by atoms with Crippen molar-refractivity contribution in [3.63, 3.8) is 0 Å². The Labute approximate surface area is 142 Å². The van der Waals surface area contributed by atoms with Crippen LogP contribution in [0.4, 0.5) is 0 Å². The maximum absolute atomic E-state index is 12.7. The van der Waals surface area contributed by atoms with Gasteiger partial charge >= 0.3 is 0 Å². The molecule has 2 heterocycles. The molecule has 0 aliphatic carbocycles. The van der Waals surface area contributed by atoms with Crippen LogP contribution >= 0.6 is 23.7 Å². The van der Waals surface area contributed by atoms with E-state index in [-0.39, 0.29) is 18.3 Å². The van der Waals surface area contributed by atoms with Crippen molar-refractivity contribution in [1.82, 2.24) is 10.2 Å². The van der Waals surface area contributed by atoms with E-state index in [9.17, 15) is 4.79 Å². The summed E-state index contributed by atoms with van der Waals surface area (Å²) >= 11 is 1.66. The fraction of sp³-hybridized carbons (Fsp3) is 0.471. The number of nitrogens with one attached hydrogen (secondary N) is 1. The van der Waals surface area contributed by atoms with Crippen molar-refractivity contribution in [3.8, 4) is 0 Å². The zero-order valence-electron chi connectivity index (χ0n) is 12.9. The first-order chi connectivity index (χ1) is 10.3. The van der Waals surface area contributed by atoms with Gasteiger partial charge in [-0.1, -0.05) is 25.1 Å². The summed E-state index contributed by atoms with van der Waals surface area (Å²) in [4.78, 5) is 14.7. The highest BCUT2D eigenvalue weighted by molar-refractivity contribution is 7.17. The molecule has 0 radical (unpaired) electrons. The van der Waals surface area contributed by atoms with E-state index in [2.05, 4.69) is 24.4 Å². The lowest BCUT2D eigenvalue weighted by Crippen LogP contribution is -2.40. The monoisotopic (exact) mass is 338 g/mol. The number of amides is 1. The molecule has 3 nitrogen and oxygen atoms in total. The van der Waals surface area contributed by atoms with Crippen molar-refractivity contribution in [1.29, 1.82) is 0 Å². The zero-order valence-corrected chi connectivity index (χ0v) is 14.5. The summed E-state index contributed by atoms with van der Waals surface area (Å²) in [5.41, 5.74) is 0.876. The van der Waals surface area contributed by atoms with Crippen molar-refractivity contribution in [2.45, 2.75) is 19.8 Å². The molecule has 1 aromatic carbocycles. The number of rotatable bonds is 4. The molecule has 120 valence electrons. The number of hydrogen-bond donors (Lipinski definition) is 1. The molecule has 2 aromatic rings. The van der Waals surface area contributed by atoms with Crippen LogP contribution in [-0.4, -0.2) is 37.0 Å². The summed E-state index contributed by atoms with van der Waals surface area (Å²) in [5, 5.41) is 6.52. The van der Waals surface area contributed by atoms with E-state index in [0.717, 1.165) is 50.0 Å². The van der Waals surface area contributed by atoms with E-state index in [0.29, 0.717) is 5.92 Å². The van der Waals surface area contributed by atoms with Gasteiger partial charge in [0.2, 0.25) is 0 Å². The summed E-state index contributed by atoms with van der Waals surface area (Å²) in [6.07, 6.45) is 2.22. The van der Waals surface area contributed by atoms with E-state index in [1.807, 2.05) is 22.4 Å². The van der Waals surface area contributed by atoms with Gasteiger partial charge in [-0.15, -0.1) is 23.7 Å². The Bertz CT molecular complexity index is 620. The van der Waals surface area contributed by atoms with Crippen molar-refractivity contribution in [3.05, 3.63) is 35.2 Å². The number of halogens is 1. The third-order valence-electron chi connectivity index (χ3n) is 4.30. The smallest absolute Gasteiger partial charge is 0.255 e. The quantitative estimate of drug-likeness (QED) is 0.920. The largest absolute Gasteiger partial charge is 0.339 e. The number of carbonyl (C=O) groups is 1. The van der Waals surface area contributed by atoms with Gasteiger partial charge in [0.1, 0.15) is 0 Å². The van der Waals surface area contributed by atoms with Gasteiger partial charge in [0, 0.05) is 28.6 Å². The number of piperidine rings is 1. The molecule has 1 aromatic heterocycles. The second-order valence-corrected chi connectivity index (χ2v) is 6.60. The lowest BCUT2D eigenvalue weighted by Gasteiger charge is -2.32. The number of benzene rings is 1. The van der Waals surface area contributed by atoms with Gasteiger partial charge in [0.25, 0.3) is 5.91 Å². The highest BCUT2D eigenvalue weighted by atomic mass is 35.5. The van der Waals surface area contributed by atoms with Gasteiger partial charge in [-0.3, -0.25) is 4.79 Å². The first-order valence-corrected chi connectivity index (χ1v) is 8.63. The first kappa shape index (κ1) is 17.3. The Morgan fingerprint density at radius 2 is 2.05 bits per heavy atom. The molecule has 22 heavy (non-hydrogen) atoms. The number of carbonyl (C=O) groups excluding carboxylic acids is 1. The van der Waals surface area contributed by atoms with Crippen LogP contribution in [0.3, 0.4) is 0 Å². The SMILES string of the molecule is CCNCC1CCN(C(=O)c2csc3ccccc23)CC1.Cl. The lowest BCUT2D eigenvalue weighted by atomic mass is 9.96. The van der Waals surface area contributed by atoms with Gasteiger partial charge < -0.3 is 10.2 Å². The second kappa shape index (κ2) is 7.95. The van der Waals surface area contributed by atoms with E-state index in [1.165, 1.54) is 4.70 Å². The third-order valence-corrected chi connectivity index (χ3v) is 5.26. The fourth-order valence-electron chi connectivity index (χ4n) is 3.00. The molecule has 1 N–H and O–H groups in total. The minimum atomic E-state index is 0. The molecule has 0 atom stereocenters. The Hall–Kier alpha value is -1.10. The molecule has 1 aliphatic rings. The van der Waals surface area contributed by atoms with E-state index >= 15 is 0 Å². The fourth-order valence-corrected chi connectivity index (χ4v) is 3.94. The van der Waals surface area contributed by atoms with Crippen molar-refractivity contribution in [2.24, 2.45) is 5.92 Å². The molecule has 1 fully saturated rings. The Kier molecular flexibility index (Phi) is 6.24. The Morgan fingerprint density at radius 3 is 2.77 bits per heavy atom. The molecule has 0 unspecified atom stereocenters. The summed E-state index contributed by atoms with van der Waals surface area (Å²) < 4.78 is 1.20. The van der Waals surface area contributed by atoms with Gasteiger partial charge in [-0.05, 0) is 37.9 Å². The molecular weight excluding hydrogens is 316 g/mol. The summed E-state index contributed by atoms with van der Waals surface area (Å²) in [7, 11) is 0. The van der Waals surface area contributed by atoms with Crippen molar-refractivity contribution in [2.75, 3.05) is 26.2 Å². The predicted octanol–water partition coefficient (Wildman–Crippen LogP) is 3.78. The normalized spacial score (nSPS) is 15.8. The van der Waals surface area contributed by atoms with Crippen LogP contribution in [0, 0.1) is 5.92 Å². The molecule has 1 aliphatic heterocycles. The summed E-state index contributed by atoms with van der Waals surface area (Å²) in [6, 6.07) is 8.17. The van der Waals surface area contributed by atoms with E-state index in [4.69, 9.17) is 0 Å². The molecule has 5 heteroatoms. The van der Waals surface area contributed by atoms with Gasteiger partial charge in [0.05, 0.1) is 5.56 Å². The van der Waals surface area contributed by atoms with Gasteiger partial charge in [-0.25, -0.2) is 0 Å². The minimum absolute atomic E-state index is 0. The average molecular weight is 339 g/mol. The number of nitrogens with zero attached hydrogens (tertiary/aromatic N) is 1. The third kappa shape index (κ3) is 3.62. The number of thiophene rings is 1. The van der Waals surface area contributed by atoms with Crippen LogP contribution < -0.4 is 5.32 Å². The molecule has 0 spiro atoms. The van der Waals surface area contributed by atoms with Crippen LogP contribution in [0.25, 0.3) is 10.1 Å². The molecular formula is C17H23ClN2OS. The Balaban J connectivity index is 0.00000176. The maximum Gasteiger partial charge on any atom is 0.255 e. The minimum Gasteiger partial charge on any atom is -0.339 e. The van der Waals surface area contributed by atoms with Crippen molar-refractivity contribution >= 4 is 39.7 Å². The highest BCUT2D eigenvalue weighted by Crippen LogP contribution is 2.28. The zero-order chi connectivity index (χ0) is 14.7. The van der Waals surface area contributed by atoms with Crippen molar-refractivity contribution < 1.29 is 4.79 Å². The molecule has 3 rings (SSSR count). The molecule has 0 saturated carbocycles. The van der Waals surface area contributed by atoms with E-state index in [1.54, 1.807) is 11.3 Å². The van der Waals surface area contributed by atoms with Crippen LogP contribution in [0.15, 0.2) is 29.6 Å². The average Bonchev–Trinajstić information content (AvgIpc) is 2.97. The molecule has 1 saturated heterocycles. The number of fused-ring (bicyclic) bond motifs is 1. The van der Waals surface area contributed by atoms with Gasteiger partial charge in [-0.2, -0.15) is 0 Å². The van der Waals surface area contributed by atoms with E-state index < -0.39 is 0 Å². The maximum atomic E-state index is 12.7. The summed E-state index contributed by atoms with van der Waals surface area (Å²) in [6.45, 7) is 6.03. The second-order valence-electron chi connectivity index (χ2n) is 5.69. The summed E-state index contributed by atoms with van der Waals surface area (Å²) in [5.74, 6) is 0.919. The topological polar surface area (TPSA) is 32.3 Å². The van der Waals surface area contributed by atoms with Crippen LogP contribution in [-0.2, 0) is 0 Å². The van der Waals surface area contributed by atoms with Crippen LogP contribution in [0.1, 0.15) is 30.1 Å². The Morgan fingerprint density at radius 1 is 1.32 bits per heavy atom. The standard InChI is InChI=1S/C17H22N2OS.ClH/c1-2-18-11-13-7-9-19(10-8-13)17(20)15-12-21-16-6-4-3-5-14(15)16;/h3-6,12-13,18H,2,7-11H2,1H3;1H. The lowest BCUT2D eigenvalue weighted by molar-refractivity contribution is 0.0693. The molecule has 1 amide bonds. The molecule has 0 bridgehead atoms. The predicted molar refractivity (Wildman–Crippen MR) is 96.2 cm³/mol. The first-order valence-electron chi connectivity index (χ1n) is 7.75. The number of hydrogen-bond acceptors (Lipinski definition) is 3. The number of likely N-dealkylation sites (tertiary alicyclic amines) is 1. The van der Waals surface area contributed by atoms with Crippen LogP contribution in [0.2, 0.25) is 0 Å².